The predicted octanol–water partition coefficient (Wildman–Crippen LogP) is 2.88. The first-order valence-electron chi connectivity index (χ1n) is 6.70. The van der Waals surface area contributed by atoms with Crippen molar-refractivity contribution in [1.82, 2.24) is 0 Å². The smallest absolute Gasteiger partial charge is 0.182 e. The number of hydrogen-bond donors (Lipinski definition) is 1. The van der Waals surface area contributed by atoms with E-state index in [9.17, 15) is 8.42 Å². The maximum Gasteiger partial charge on any atom is 0.182 e. The lowest BCUT2D eigenvalue weighted by atomic mass is 9.87. The molecule has 0 radical (unpaired) electrons. The molecule has 0 heterocycles. The second kappa shape index (κ2) is 5.63. The Bertz CT molecular complexity index is 512. The monoisotopic (exact) mass is 283 g/mol. The van der Waals surface area contributed by atoms with Gasteiger partial charge in [-0.2, -0.15) is 0 Å². The molecule has 0 fully saturated rings. The Labute approximate surface area is 117 Å². The van der Waals surface area contributed by atoms with Gasteiger partial charge in [0.25, 0.3) is 0 Å². The number of rotatable bonds is 4. The van der Waals surface area contributed by atoms with E-state index in [1.54, 1.807) is 19.1 Å². The SMILES string of the molecule is CCC(N)C(C)S(=O)(=O)c1ccc(C(C)(C)C)cc1. The molecule has 1 rings (SSSR count). The summed E-state index contributed by atoms with van der Waals surface area (Å²) in [6.07, 6.45) is 0.653. The van der Waals surface area contributed by atoms with Gasteiger partial charge in [0.2, 0.25) is 0 Å². The van der Waals surface area contributed by atoms with E-state index in [4.69, 9.17) is 5.73 Å². The molecule has 3 nitrogen and oxygen atoms in total. The van der Waals surface area contributed by atoms with Crippen molar-refractivity contribution in [3.8, 4) is 0 Å². The van der Waals surface area contributed by atoms with Crippen LogP contribution in [0.15, 0.2) is 29.2 Å². The minimum absolute atomic E-state index is 0.0216. The third-order valence-corrected chi connectivity index (χ3v) is 5.87. The second-order valence-corrected chi connectivity index (χ2v) is 8.40. The molecule has 19 heavy (non-hydrogen) atoms. The molecule has 0 saturated carbocycles. The predicted molar refractivity (Wildman–Crippen MR) is 80.1 cm³/mol. The van der Waals surface area contributed by atoms with Crippen molar-refractivity contribution in [3.63, 3.8) is 0 Å². The Morgan fingerprint density at radius 1 is 1.16 bits per heavy atom. The molecule has 0 aliphatic carbocycles. The third-order valence-electron chi connectivity index (χ3n) is 3.61. The Balaban J connectivity index is 3.10. The van der Waals surface area contributed by atoms with Crippen LogP contribution in [-0.2, 0) is 15.3 Å². The van der Waals surface area contributed by atoms with Gasteiger partial charge in [-0.15, -0.1) is 0 Å². The first-order valence-corrected chi connectivity index (χ1v) is 8.25. The first kappa shape index (κ1) is 16.2. The molecule has 4 heteroatoms. The highest BCUT2D eigenvalue weighted by molar-refractivity contribution is 7.92. The van der Waals surface area contributed by atoms with E-state index in [0.717, 1.165) is 5.56 Å². The average Bonchev–Trinajstić information content (AvgIpc) is 2.36. The van der Waals surface area contributed by atoms with Crippen molar-refractivity contribution in [2.75, 3.05) is 0 Å². The summed E-state index contributed by atoms with van der Waals surface area (Å²) in [4.78, 5) is 0.358. The maximum absolute atomic E-state index is 12.4. The molecule has 0 amide bonds. The van der Waals surface area contributed by atoms with E-state index in [2.05, 4.69) is 20.8 Å². The normalized spacial score (nSPS) is 16.1. The summed E-state index contributed by atoms with van der Waals surface area (Å²) in [7, 11) is -3.34. The van der Waals surface area contributed by atoms with Crippen LogP contribution in [0.4, 0.5) is 0 Å². The lowest BCUT2D eigenvalue weighted by Gasteiger charge is -2.21. The summed E-state index contributed by atoms with van der Waals surface area (Å²) in [5, 5.41) is -0.557. The van der Waals surface area contributed by atoms with Crippen LogP contribution < -0.4 is 5.73 Å². The molecular weight excluding hydrogens is 258 g/mol. The summed E-state index contributed by atoms with van der Waals surface area (Å²) in [6, 6.07) is 6.82. The van der Waals surface area contributed by atoms with Gasteiger partial charge in [-0.25, -0.2) is 8.42 Å². The Kier molecular flexibility index (Phi) is 4.80. The van der Waals surface area contributed by atoms with E-state index >= 15 is 0 Å². The fourth-order valence-corrected chi connectivity index (χ4v) is 3.52. The van der Waals surface area contributed by atoms with E-state index in [0.29, 0.717) is 11.3 Å². The number of hydrogen-bond acceptors (Lipinski definition) is 3. The van der Waals surface area contributed by atoms with Gasteiger partial charge in [-0.1, -0.05) is 39.8 Å². The molecule has 0 spiro atoms. The molecule has 2 N–H and O–H groups in total. The van der Waals surface area contributed by atoms with Crippen molar-refractivity contribution in [2.24, 2.45) is 5.73 Å². The van der Waals surface area contributed by atoms with E-state index < -0.39 is 15.1 Å². The molecule has 108 valence electrons. The minimum Gasteiger partial charge on any atom is -0.327 e. The number of sulfone groups is 1. The van der Waals surface area contributed by atoms with Crippen LogP contribution in [0.1, 0.15) is 46.6 Å². The molecule has 0 aliphatic heterocycles. The van der Waals surface area contributed by atoms with Crippen LogP contribution in [0.3, 0.4) is 0 Å². The summed E-state index contributed by atoms with van der Waals surface area (Å²) >= 11 is 0. The van der Waals surface area contributed by atoms with Crippen LogP contribution in [-0.4, -0.2) is 19.7 Å². The largest absolute Gasteiger partial charge is 0.327 e. The van der Waals surface area contributed by atoms with Gasteiger partial charge in [-0.3, -0.25) is 0 Å². The molecule has 0 aromatic heterocycles. The number of nitrogens with two attached hydrogens (primary N) is 1. The second-order valence-electron chi connectivity index (χ2n) is 6.10. The quantitative estimate of drug-likeness (QED) is 0.924. The van der Waals surface area contributed by atoms with Crippen LogP contribution >= 0.6 is 0 Å². The Morgan fingerprint density at radius 2 is 1.63 bits per heavy atom. The summed E-state index contributed by atoms with van der Waals surface area (Å²) < 4.78 is 24.8. The zero-order valence-electron chi connectivity index (χ0n) is 12.5. The molecule has 0 bridgehead atoms. The highest BCUT2D eigenvalue weighted by atomic mass is 32.2. The van der Waals surface area contributed by atoms with E-state index in [1.165, 1.54) is 0 Å². The van der Waals surface area contributed by atoms with Gasteiger partial charge in [0.05, 0.1) is 10.1 Å². The first-order chi connectivity index (χ1) is 8.60. The summed E-state index contributed by atoms with van der Waals surface area (Å²) in [5.74, 6) is 0. The van der Waals surface area contributed by atoms with E-state index in [-0.39, 0.29) is 11.5 Å². The molecular formula is C15H25NO2S. The highest BCUT2D eigenvalue weighted by Crippen LogP contribution is 2.25. The van der Waals surface area contributed by atoms with Crippen molar-refractivity contribution in [3.05, 3.63) is 29.8 Å². The third kappa shape index (κ3) is 3.57. The number of benzene rings is 1. The van der Waals surface area contributed by atoms with E-state index in [1.807, 2.05) is 19.1 Å². The highest BCUT2D eigenvalue weighted by Gasteiger charge is 2.28. The fraction of sp³-hybridized carbons (Fsp3) is 0.600. The zero-order valence-corrected chi connectivity index (χ0v) is 13.3. The lowest BCUT2D eigenvalue weighted by molar-refractivity contribution is 0.551. The molecule has 1 aromatic rings. The average molecular weight is 283 g/mol. The minimum atomic E-state index is -3.34. The van der Waals surface area contributed by atoms with Crippen LogP contribution in [0, 0.1) is 0 Å². The van der Waals surface area contributed by atoms with Gasteiger partial charge in [-0.05, 0) is 36.5 Å². The van der Waals surface area contributed by atoms with Crippen molar-refractivity contribution >= 4 is 9.84 Å². The van der Waals surface area contributed by atoms with Crippen molar-refractivity contribution in [1.29, 1.82) is 0 Å². The maximum atomic E-state index is 12.4. The van der Waals surface area contributed by atoms with Crippen molar-refractivity contribution < 1.29 is 8.42 Å². The van der Waals surface area contributed by atoms with Gasteiger partial charge in [0.15, 0.2) is 9.84 Å². The molecule has 0 aliphatic rings. The van der Waals surface area contributed by atoms with Gasteiger partial charge >= 0.3 is 0 Å². The Morgan fingerprint density at radius 3 is 2.00 bits per heavy atom. The topological polar surface area (TPSA) is 60.2 Å². The van der Waals surface area contributed by atoms with Crippen LogP contribution in [0.2, 0.25) is 0 Å². The van der Waals surface area contributed by atoms with Gasteiger partial charge in [0, 0.05) is 6.04 Å². The summed E-state index contributed by atoms with van der Waals surface area (Å²) in [6.45, 7) is 9.89. The van der Waals surface area contributed by atoms with Gasteiger partial charge in [0.1, 0.15) is 0 Å². The van der Waals surface area contributed by atoms with Crippen molar-refractivity contribution in [2.45, 2.75) is 62.6 Å². The van der Waals surface area contributed by atoms with Crippen LogP contribution in [0.25, 0.3) is 0 Å². The standard InChI is InChI=1S/C15H25NO2S/c1-6-14(16)11(2)19(17,18)13-9-7-12(8-10-13)15(3,4)5/h7-11,14H,6,16H2,1-5H3. The van der Waals surface area contributed by atoms with Crippen LogP contribution in [0.5, 0.6) is 0 Å². The zero-order chi connectivity index (χ0) is 14.8. The summed E-state index contributed by atoms with van der Waals surface area (Å²) in [5.41, 5.74) is 7.01. The molecule has 1 aromatic carbocycles. The Hall–Kier alpha value is -0.870. The lowest BCUT2D eigenvalue weighted by Crippen LogP contribution is -2.37. The molecule has 2 atom stereocenters. The molecule has 2 unspecified atom stereocenters. The molecule has 0 saturated heterocycles. The van der Waals surface area contributed by atoms with Gasteiger partial charge < -0.3 is 5.73 Å². The fourth-order valence-electron chi connectivity index (χ4n) is 1.92.